The highest BCUT2D eigenvalue weighted by Crippen LogP contribution is 2.08. The highest BCUT2D eigenvalue weighted by Gasteiger charge is 2.12. The molecule has 0 aromatic carbocycles. The third-order valence-corrected chi connectivity index (χ3v) is 2.38. The summed E-state index contributed by atoms with van der Waals surface area (Å²) in [5.41, 5.74) is 0. The molecule has 0 radical (unpaired) electrons. The highest BCUT2D eigenvalue weighted by molar-refractivity contribution is 4.80. The number of aromatic nitrogens is 2. The van der Waals surface area contributed by atoms with E-state index in [1.807, 2.05) is 23.1 Å². The van der Waals surface area contributed by atoms with E-state index in [1.54, 1.807) is 0 Å². The maximum atomic E-state index is 4.19. The first-order valence-electron chi connectivity index (χ1n) is 4.66. The van der Waals surface area contributed by atoms with Crippen molar-refractivity contribution in [1.29, 1.82) is 0 Å². The molecule has 66 valence electrons. The van der Waals surface area contributed by atoms with Gasteiger partial charge in [-0.25, -0.2) is 0 Å². The molecule has 2 heterocycles. The van der Waals surface area contributed by atoms with Gasteiger partial charge >= 0.3 is 0 Å². The molecule has 1 aliphatic heterocycles. The molecule has 1 saturated heterocycles. The van der Waals surface area contributed by atoms with Crippen molar-refractivity contribution < 1.29 is 0 Å². The predicted octanol–water partition coefficient (Wildman–Crippen LogP) is 1.03. The van der Waals surface area contributed by atoms with E-state index < -0.39 is 0 Å². The van der Waals surface area contributed by atoms with Gasteiger partial charge in [0.25, 0.3) is 0 Å². The lowest BCUT2D eigenvalue weighted by Gasteiger charge is -2.23. The molecule has 1 fully saturated rings. The van der Waals surface area contributed by atoms with Gasteiger partial charge < -0.3 is 5.32 Å². The Morgan fingerprint density at radius 3 is 3.17 bits per heavy atom. The summed E-state index contributed by atoms with van der Waals surface area (Å²) in [5, 5.41) is 7.68. The Hall–Kier alpha value is -0.830. The third kappa shape index (κ3) is 1.85. The topological polar surface area (TPSA) is 29.9 Å². The van der Waals surface area contributed by atoms with E-state index in [9.17, 15) is 0 Å². The van der Waals surface area contributed by atoms with E-state index in [0.717, 1.165) is 6.54 Å². The van der Waals surface area contributed by atoms with Crippen LogP contribution in [0, 0.1) is 0 Å². The van der Waals surface area contributed by atoms with Crippen molar-refractivity contribution >= 4 is 0 Å². The maximum absolute atomic E-state index is 4.19. The van der Waals surface area contributed by atoms with Crippen LogP contribution in [0.15, 0.2) is 18.5 Å². The van der Waals surface area contributed by atoms with Gasteiger partial charge in [0, 0.05) is 18.4 Å². The van der Waals surface area contributed by atoms with Crippen molar-refractivity contribution in [3.05, 3.63) is 18.5 Å². The van der Waals surface area contributed by atoms with Crippen molar-refractivity contribution in [2.24, 2.45) is 0 Å². The molecule has 1 aliphatic rings. The van der Waals surface area contributed by atoms with E-state index >= 15 is 0 Å². The molecule has 1 aromatic heterocycles. The Labute approximate surface area is 72.8 Å². The van der Waals surface area contributed by atoms with Crippen molar-refractivity contribution in [3.8, 4) is 0 Å². The van der Waals surface area contributed by atoms with Crippen LogP contribution in [0.1, 0.15) is 19.3 Å². The molecular formula is C9H15N3. The summed E-state index contributed by atoms with van der Waals surface area (Å²) in [7, 11) is 0. The minimum Gasteiger partial charge on any atom is -0.312 e. The molecule has 3 nitrogen and oxygen atoms in total. The molecular weight excluding hydrogens is 150 g/mol. The summed E-state index contributed by atoms with van der Waals surface area (Å²) in [6.45, 7) is 2.19. The number of rotatable bonds is 2. The van der Waals surface area contributed by atoms with Crippen molar-refractivity contribution in [2.45, 2.75) is 31.8 Å². The van der Waals surface area contributed by atoms with Crippen LogP contribution in [0.2, 0.25) is 0 Å². The average molecular weight is 165 g/mol. The van der Waals surface area contributed by atoms with Crippen molar-refractivity contribution in [1.82, 2.24) is 15.1 Å². The number of hydrogen-bond acceptors (Lipinski definition) is 2. The van der Waals surface area contributed by atoms with E-state index in [-0.39, 0.29) is 0 Å². The zero-order valence-electron chi connectivity index (χ0n) is 7.24. The fraction of sp³-hybridized carbons (Fsp3) is 0.667. The van der Waals surface area contributed by atoms with Gasteiger partial charge in [0.15, 0.2) is 0 Å². The summed E-state index contributed by atoms with van der Waals surface area (Å²) in [6.07, 6.45) is 7.84. The molecule has 0 amide bonds. The number of hydrogen-bond donors (Lipinski definition) is 1. The quantitative estimate of drug-likeness (QED) is 0.709. The molecule has 1 atom stereocenters. The fourth-order valence-corrected chi connectivity index (χ4v) is 1.71. The Morgan fingerprint density at radius 1 is 1.50 bits per heavy atom. The van der Waals surface area contributed by atoms with Crippen LogP contribution in [-0.4, -0.2) is 22.4 Å². The Bertz CT molecular complexity index is 212. The highest BCUT2D eigenvalue weighted by atomic mass is 15.3. The number of nitrogens with one attached hydrogen (secondary N) is 1. The Balaban J connectivity index is 1.86. The van der Waals surface area contributed by atoms with Gasteiger partial charge in [-0.1, -0.05) is 6.42 Å². The molecule has 0 bridgehead atoms. The Morgan fingerprint density at radius 2 is 2.50 bits per heavy atom. The molecule has 0 saturated carbocycles. The fourth-order valence-electron chi connectivity index (χ4n) is 1.71. The summed E-state index contributed by atoms with van der Waals surface area (Å²) in [6, 6.07) is 2.61. The minimum absolute atomic E-state index is 0.638. The first kappa shape index (κ1) is 7.80. The lowest BCUT2D eigenvalue weighted by molar-refractivity contribution is 0.351. The third-order valence-electron chi connectivity index (χ3n) is 2.38. The maximum Gasteiger partial charge on any atom is 0.0562 e. The van der Waals surface area contributed by atoms with Crippen molar-refractivity contribution in [2.75, 3.05) is 6.54 Å². The zero-order valence-corrected chi connectivity index (χ0v) is 7.24. The van der Waals surface area contributed by atoms with Crippen molar-refractivity contribution in [3.63, 3.8) is 0 Å². The van der Waals surface area contributed by atoms with E-state index in [0.29, 0.717) is 6.04 Å². The van der Waals surface area contributed by atoms with Crippen LogP contribution in [0.25, 0.3) is 0 Å². The normalized spacial score (nSPS) is 24.2. The molecule has 1 N–H and O–H groups in total. The standard InChI is InChI=1S/C9H15N3/c1-2-5-10-9(4-1)8-12-7-3-6-11-12/h3,6-7,9-10H,1-2,4-5,8H2/t9-/m1/s1. The van der Waals surface area contributed by atoms with Crippen LogP contribution >= 0.6 is 0 Å². The van der Waals surface area contributed by atoms with Crippen LogP contribution in [0.4, 0.5) is 0 Å². The molecule has 0 unspecified atom stereocenters. The van der Waals surface area contributed by atoms with Crippen LogP contribution in [0.5, 0.6) is 0 Å². The molecule has 0 aliphatic carbocycles. The summed E-state index contributed by atoms with van der Waals surface area (Å²) in [5.74, 6) is 0. The molecule has 2 rings (SSSR count). The van der Waals surface area contributed by atoms with Crippen LogP contribution in [-0.2, 0) is 6.54 Å². The van der Waals surface area contributed by atoms with Gasteiger partial charge in [0.05, 0.1) is 6.54 Å². The summed E-state index contributed by atoms with van der Waals surface area (Å²) < 4.78 is 2.00. The second-order valence-electron chi connectivity index (χ2n) is 3.37. The second-order valence-corrected chi connectivity index (χ2v) is 3.37. The smallest absolute Gasteiger partial charge is 0.0562 e. The van der Waals surface area contributed by atoms with Gasteiger partial charge in [-0.05, 0) is 25.5 Å². The van der Waals surface area contributed by atoms with E-state index in [1.165, 1.54) is 25.8 Å². The number of piperidine rings is 1. The predicted molar refractivity (Wildman–Crippen MR) is 47.9 cm³/mol. The SMILES string of the molecule is c1cnn(C[C@H]2CCCCN2)c1. The molecule has 0 spiro atoms. The molecule has 12 heavy (non-hydrogen) atoms. The van der Waals surface area contributed by atoms with Gasteiger partial charge in [-0.15, -0.1) is 0 Å². The number of nitrogens with zero attached hydrogens (tertiary/aromatic N) is 2. The van der Waals surface area contributed by atoms with Crippen LogP contribution in [0.3, 0.4) is 0 Å². The summed E-state index contributed by atoms with van der Waals surface area (Å²) in [4.78, 5) is 0. The Kier molecular flexibility index (Phi) is 2.42. The van der Waals surface area contributed by atoms with E-state index in [2.05, 4.69) is 10.4 Å². The monoisotopic (exact) mass is 165 g/mol. The first-order chi connectivity index (χ1) is 5.95. The summed E-state index contributed by atoms with van der Waals surface area (Å²) >= 11 is 0. The van der Waals surface area contributed by atoms with E-state index in [4.69, 9.17) is 0 Å². The minimum atomic E-state index is 0.638. The lowest BCUT2D eigenvalue weighted by atomic mass is 10.1. The molecule has 1 aromatic rings. The van der Waals surface area contributed by atoms with Gasteiger partial charge in [-0.3, -0.25) is 4.68 Å². The van der Waals surface area contributed by atoms with Gasteiger partial charge in [-0.2, -0.15) is 5.10 Å². The largest absolute Gasteiger partial charge is 0.312 e. The van der Waals surface area contributed by atoms with Gasteiger partial charge in [0.2, 0.25) is 0 Å². The lowest BCUT2D eigenvalue weighted by Crippen LogP contribution is -2.37. The first-order valence-corrected chi connectivity index (χ1v) is 4.66. The molecule has 3 heteroatoms. The van der Waals surface area contributed by atoms with Crippen LogP contribution < -0.4 is 5.32 Å². The second kappa shape index (κ2) is 3.72. The van der Waals surface area contributed by atoms with Gasteiger partial charge in [0.1, 0.15) is 0 Å². The average Bonchev–Trinajstić information content (AvgIpc) is 2.59. The zero-order chi connectivity index (χ0) is 8.23.